The van der Waals surface area contributed by atoms with Crippen LogP contribution in [-0.4, -0.2) is 18.6 Å². The molecule has 4 heteroatoms. The van der Waals surface area contributed by atoms with Gasteiger partial charge in [0.1, 0.15) is 23.4 Å². The number of para-hydroxylation sites is 2. The lowest BCUT2D eigenvalue weighted by molar-refractivity contribution is 0.136. The fourth-order valence-electron chi connectivity index (χ4n) is 3.32. The Balaban J connectivity index is 1.69. The van der Waals surface area contributed by atoms with E-state index in [0.717, 1.165) is 42.5 Å². The van der Waals surface area contributed by atoms with E-state index in [9.17, 15) is 0 Å². The molecule has 0 saturated heterocycles. The van der Waals surface area contributed by atoms with Crippen LogP contribution in [0.15, 0.2) is 71.3 Å². The van der Waals surface area contributed by atoms with Crippen molar-refractivity contribution in [3.63, 3.8) is 0 Å². The first-order chi connectivity index (χ1) is 12.3. The van der Waals surface area contributed by atoms with E-state index < -0.39 is 0 Å². The minimum absolute atomic E-state index is 0.102. The standard InChI is InChI=1S/C21H21NO3/c1-23-20-11-5-3-9-18(20)21-15-22(14-17-8-6-12-24-17)13-16-7-2-4-10-19(16)25-21/h2-12,21H,13-15H2,1H3. The molecule has 0 amide bonds. The summed E-state index contributed by atoms with van der Waals surface area (Å²) < 4.78 is 17.5. The average molecular weight is 335 g/mol. The summed E-state index contributed by atoms with van der Waals surface area (Å²) in [7, 11) is 1.70. The van der Waals surface area contributed by atoms with Crippen molar-refractivity contribution >= 4 is 0 Å². The minimum atomic E-state index is -0.102. The lowest BCUT2D eigenvalue weighted by Crippen LogP contribution is -2.27. The third-order valence-electron chi connectivity index (χ3n) is 4.51. The van der Waals surface area contributed by atoms with E-state index in [4.69, 9.17) is 13.9 Å². The molecule has 0 bridgehead atoms. The van der Waals surface area contributed by atoms with Crippen molar-refractivity contribution in [2.24, 2.45) is 0 Å². The summed E-state index contributed by atoms with van der Waals surface area (Å²) >= 11 is 0. The molecule has 1 aliphatic heterocycles. The Morgan fingerprint density at radius 3 is 2.72 bits per heavy atom. The highest BCUT2D eigenvalue weighted by Crippen LogP contribution is 2.35. The Labute approximate surface area is 147 Å². The molecule has 128 valence electrons. The van der Waals surface area contributed by atoms with Gasteiger partial charge >= 0.3 is 0 Å². The van der Waals surface area contributed by atoms with Crippen LogP contribution in [-0.2, 0) is 13.1 Å². The Bertz CT molecular complexity index is 829. The summed E-state index contributed by atoms with van der Waals surface area (Å²) in [5, 5.41) is 0. The fourth-order valence-corrected chi connectivity index (χ4v) is 3.32. The number of hydrogen-bond acceptors (Lipinski definition) is 4. The zero-order valence-electron chi connectivity index (χ0n) is 14.2. The monoisotopic (exact) mass is 335 g/mol. The maximum atomic E-state index is 6.38. The van der Waals surface area contributed by atoms with Gasteiger partial charge in [0.15, 0.2) is 0 Å². The van der Waals surface area contributed by atoms with E-state index >= 15 is 0 Å². The van der Waals surface area contributed by atoms with Gasteiger partial charge in [-0.2, -0.15) is 0 Å². The Morgan fingerprint density at radius 2 is 1.88 bits per heavy atom. The zero-order valence-corrected chi connectivity index (χ0v) is 14.2. The molecule has 1 aliphatic rings. The number of furan rings is 1. The molecule has 1 atom stereocenters. The Morgan fingerprint density at radius 1 is 1.04 bits per heavy atom. The van der Waals surface area contributed by atoms with E-state index in [-0.39, 0.29) is 6.10 Å². The second-order valence-electron chi connectivity index (χ2n) is 6.21. The maximum Gasteiger partial charge on any atom is 0.140 e. The van der Waals surface area contributed by atoms with Gasteiger partial charge in [0.2, 0.25) is 0 Å². The predicted molar refractivity (Wildman–Crippen MR) is 95.6 cm³/mol. The largest absolute Gasteiger partial charge is 0.496 e. The third-order valence-corrected chi connectivity index (χ3v) is 4.51. The SMILES string of the molecule is COc1ccccc1C1CN(Cc2ccco2)Cc2ccccc2O1. The van der Waals surface area contributed by atoms with Gasteiger partial charge in [-0.1, -0.05) is 36.4 Å². The number of hydrogen-bond donors (Lipinski definition) is 0. The van der Waals surface area contributed by atoms with Crippen molar-refractivity contribution in [1.29, 1.82) is 0 Å². The molecule has 0 N–H and O–H groups in total. The number of fused-ring (bicyclic) bond motifs is 1. The van der Waals surface area contributed by atoms with Crippen LogP contribution in [0.25, 0.3) is 0 Å². The quantitative estimate of drug-likeness (QED) is 0.707. The number of benzene rings is 2. The van der Waals surface area contributed by atoms with Gasteiger partial charge < -0.3 is 13.9 Å². The smallest absolute Gasteiger partial charge is 0.140 e. The predicted octanol–water partition coefficient (Wildman–Crippen LogP) is 4.42. The Hall–Kier alpha value is -2.72. The summed E-state index contributed by atoms with van der Waals surface area (Å²) in [6.45, 7) is 2.33. The molecule has 4 rings (SSSR count). The molecule has 0 spiro atoms. The molecule has 1 aromatic heterocycles. The summed E-state index contributed by atoms with van der Waals surface area (Å²) in [5.41, 5.74) is 2.25. The van der Waals surface area contributed by atoms with Crippen LogP contribution in [0.5, 0.6) is 11.5 Å². The zero-order chi connectivity index (χ0) is 17.1. The molecule has 0 fully saturated rings. The molecule has 2 heterocycles. The first-order valence-electron chi connectivity index (χ1n) is 8.45. The van der Waals surface area contributed by atoms with Crippen molar-refractivity contribution in [2.75, 3.05) is 13.7 Å². The first-order valence-corrected chi connectivity index (χ1v) is 8.45. The molecular formula is C21H21NO3. The number of methoxy groups -OCH3 is 1. The summed E-state index contributed by atoms with van der Waals surface area (Å²) in [4.78, 5) is 2.35. The van der Waals surface area contributed by atoms with Crippen LogP contribution in [0.1, 0.15) is 23.0 Å². The van der Waals surface area contributed by atoms with Crippen LogP contribution in [0.3, 0.4) is 0 Å². The number of rotatable bonds is 4. The van der Waals surface area contributed by atoms with Crippen LogP contribution in [0, 0.1) is 0 Å². The van der Waals surface area contributed by atoms with Crippen LogP contribution < -0.4 is 9.47 Å². The van der Waals surface area contributed by atoms with Crippen molar-refractivity contribution < 1.29 is 13.9 Å². The molecule has 0 aliphatic carbocycles. The highest BCUT2D eigenvalue weighted by molar-refractivity contribution is 5.39. The van der Waals surface area contributed by atoms with Crippen molar-refractivity contribution in [3.8, 4) is 11.5 Å². The van der Waals surface area contributed by atoms with Crippen LogP contribution >= 0.6 is 0 Å². The van der Waals surface area contributed by atoms with E-state index in [1.807, 2.05) is 42.5 Å². The molecule has 3 aromatic rings. The molecule has 2 aromatic carbocycles. The van der Waals surface area contributed by atoms with Crippen LogP contribution in [0.2, 0.25) is 0 Å². The van der Waals surface area contributed by atoms with Gasteiger partial charge in [-0.15, -0.1) is 0 Å². The summed E-state index contributed by atoms with van der Waals surface area (Å²) in [6.07, 6.45) is 1.62. The molecule has 25 heavy (non-hydrogen) atoms. The topological polar surface area (TPSA) is 34.8 Å². The van der Waals surface area contributed by atoms with E-state index in [0.29, 0.717) is 0 Å². The molecule has 1 unspecified atom stereocenters. The van der Waals surface area contributed by atoms with Gasteiger partial charge in [0, 0.05) is 24.2 Å². The second-order valence-corrected chi connectivity index (χ2v) is 6.21. The van der Waals surface area contributed by atoms with Crippen molar-refractivity contribution in [1.82, 2.24) is 4.90 Å². The van der Waals surface area contributed by atoms with Crippen molar-refractivity contribution in [3.05, 3.63) is 83.8 Å². The van der Waals surface area contributed by atoms with Gasteiger partial charge in [-0.05, 0) is 24.3 Å². The van der Waals surface area contributed by atoms with Crippen molar-refractivity contribution in [2.45, 2.75) is 19.2 Å². The Kier molecular flexibility index (Phi) is 4.44. The third kappa shape index (κ3) is 3.39. The van der Waals surface area contributed by atoms with Crippen LogP contribution in [0.4, 0.5) is 0 Å². The van der Waals surface area contributed by atoms with E-state index in [1.54, 1.807) is 13.4 Å². The normalized spacial score (nSPS) is 17.4. The number of nitrogens with zero attached hydrogens (tertiary/aromatic N) is 1. The lowest BCUT2D eigenvalue weighted by atomic mass is 10.1. The van der Waals surface area contributed by atoms with Gasteiger partial charge in [0.05, 0.1) is 19.9 Å². The maximum absolute atomic E-state index is 6.38. The average Bonchev–Trinajstić information content (AvgIpc) is 3.08. The summed E-state index contributed by atoms with van der Waals surface area (Å²) in [6, 6.07) is 20.2. The molecule has 0 radical (unpaired) electrons. The minimum Gasteiger partial charge on any atom is -0.496 e. The van der Waals surface area contributed by atoms with E-state index in [1.165, 1.54) is 5.56 Å². The lowest BCUT2D eigenvalue weighted by Gasteiger charge is -2.24. The second kappa shape index (κ2) is 7.03. The van der Waals surface area contributed by atoms with Gasteiger partial charge in [-0.3, -0.25) is 4.90 Å². The van der Waals surface area contributed by atoms with E-state index in [2.05, 4.69) is 23.1 Å². The fraction of sp³-hybridized carbons (Fsp3) is 0.238. The number of ether oxygens (including phenoxy) is 2. The molecular weight excluding hydrogens is 314 g/mol. The highest BCUT2D eigenvalue weighted by Gasteiger charge is 2.26. The summed E-state index contributed by atoms with van der Waals surface area (Å²) in [5.74, 6) is 2.74. The first kappa shape index (κ1) is 15.8. The van der Waals surface area contributed by atoms with Gasteiger partial charge in [0.25, 0.3) is 0 Å². The molecule has 4 nitrogen and oxygen atoms in total. The molecule has 0 saturated carbocycles. The highest BCUT2D eigenvalue weighted by atomic mass is 16.5. The van der Waals surface area contributed by atoms with Gasteiger partial charge in [-0.25, -0.2) is 0 Å².